The number of fused-ring (bicyclic) bond motifs is 1. The number of aliphatic hydroxyl groups excluding tert-OH is 1. The van der Waals surface area contributed by atoms with E-state index in [0.29, 0.717) is 0 Å². The monoisotopic (exact) mass is 380 g/mol. The van der Waals surface area contributed by atoms with Crippen molar-refractivity contribution in [1.29, 1.82) is 0 Å². The van der Waals surface area contributed by atoms with Crippen molar-refractivity contribution in [3.05, 3.63) is 59.3 Å². The van der Waals surface area contributed by atoms with Crippen molar-refractivity contribution in [2.45, 2.75) is 20.0 Å². The molecule has 2 heterocycles. The first kappa shape index (κ1) is 18.8. The number of nitrogens with one attached hydrogen (secondary N) is 2. The Balaban J connectivity index is 1.42. The first-order chi connectivity index (χ1) is 13.6. The number of anilines is 1. The molecule has 1 aliphatic rings. The van der Waals surface area contributed by atoms with E-state index in [4.69, 9.17) is 4.74 Å². The molecule has 1 saturated heterocycles. The van der Waals surface area contributed by atoms with Gasteiger partial charge in [-0.25, -0.2) is 0 Å². The van der Waals surface area contributed by atoms with Gasteiger partial charge in [0, 0.05) is 28.4 Å². The van der Waals surface area contributed by atoms with Crippen molar-refractivity contribution in [1.82, 2.24) is 4.98 Å². The Bertz CT molecular complexity index is 958. The summed E-state index contributed by atoms with van der Waals surface area (Å²) in [6, 6.07) is 12.5. The quantitative estimate of drug-likeness (QED) is 0.636. The Morgan fingerprint density at radius 3 is 2.71 bits per heavy atom. The Labute approximate surface area is 166 Å². The minimum absolute atomic E-state index is 0.483. The van der Waals surface area contributed by atoms with Crippen LogP contribution in [0.2, 0.25) is 0 Å². The van der Waals surface area contributed by atoms with E-state index >= 15 is 0 Å². The molecule has 0 amide bonds. The van der Waals surface area contributed by atoms with Gasteiger partial charge in [0.15, 0.2) is 0 Å². The van der Waals surface area contributed by atoms with Crippen LogP contribution in [-0.2, 0) is 0 Å². The Kier molecular flexibility index (Phi) is 5.29. The summed E-state index contributed by atoms with van der Waals surface area (Å²) in [7, 11) is 1.67. The number of piperazine rings is 1. The van der Waals surface area contributed by atoms with E-state index in [1.54, 1.807) is 7.11 Å². The molecule has 2 aromatic carbocycles. The van der Waals surface area contributed by atoms with E-state index in [2.05, 4.69) is 41.9 Å². The normalized spacial score (nSPS) is 16.5. The molecule has 28 heavy (non-hydrogen) atoms. The predicted molar refractivity (Wildman–Crippen MR) is 114 cm³/mol. The number of ether oxygens (including phenoxy) is 1. The van der Waals surface area contributed by atoms with Crippen LogP contribution in [0.25, 0.3) is 10.9 Å². The molecule has 5 nitrogen and oxygen atoms in total. The fourth-order valence-corrected chi connectivity index (χ4v) is 4.25. The van der Waals surface area contributed by atoms with Gasteiger partial charge in [-0.05, 0) is 49.2 Å². The summed E-state index contributed by atoms with van der Waals surface area (Å²) in [5, 5.41) is 11.9. The van der Waals surface area contributed by atoms with Gasteiger partial charge >= 0.3 is 0 Å². The molecular formula is C23H30N3O2+. The number of hydrogen-bond acceptors (Lipinski definition) is 3. The second-order valence-electron chi connectivity index (χ2n) is 7.83. The van der Waals surface area contributed by atoms with Gasteiger partial charge in [-0.15, -0.1) is 0 Å². The maximum absolute atomic E-state index is 10.9. The Morgan fingerprint density at radius 1 is 1.18 bits per heavy atom. The van der Waals surface area contributed by atoms with E-state index < -0.39 is 6.10 Å². The first-order valence-electron chi connectivity index (χ1n) is 10.0. The molecule has 1 aliphatic heterocycles. The SMILES string of the molecule is COc1ccc2[nH]cc([C@H](O)C[NH+]3CCN(c4cccc(C)c4C)CC3)c2c1. The maximum Gasteiger partial charge on any atom is 0.130 e. The van der Waals surface area contributed by atoms with Crippen molar-refractivity contribution in [3.8, 4) is 5.75 Å². The largest absolute Gasteiger partial charge is 0.497 e. The van der Waals surface area contributed by atoms with E-state index in [1.807, 2.05) is 24.4 Å². The second kappa shape index (κ2) is 7.86. The molecule has 3 aromatic rings. The van der Waals surface area contributed by atoms with E-state index in [1.165, 1.54) is 21.7 Å². The molecule has 5 heteroatoms. The summed E-state index contributed by atoms with van der Waals surface area (Å²) in [5.41, 5.74) is 6.06. The van der Waals surface area contributed by atoms with Crippen LogP contribution in [0.5, 0.6) is 5.75 Å². The highest BCUT2D eigenvalue weighted by Gasteiger charge is 2.25. The number of aliphatic hydroxyl groups is 1. The van der Waals surface area contributed by atoms with Gasteiger partial charge in [0.1, 0.15) is 18.4 Å². The lowest BCUT2D eigenvalue weighted by Gasteiger charge is -2.35. The zero-order valence-electron chi connectivity index (χ0n) is 17.0. The van der Waals surface area contributed by atoms with Crippen LogP contribution >= 0.6 is 0 Å². The minimum atomic E-state index is -0.483. The molecule has 148 valence electrons. The molecule has 1 aromatic heterocycles. The van der Waals surface area contributed by atoms with Crippen LogP contribution < -0.4 is 14.5 Å². The van der Waals surface area contributed by atoms with E-state index in [0.717, 1.165) is 54.9 Å². The molecule has 0 saturated carbocycles. The number of aromatic amines is 1. The van der Waals surface area contributed by atoms with Gasteiger partial charge in [0.05, 0.1) is 33.3 Å². The summed E-state index contributed by atoms with van der Waals surface area (Å²) >= 11 is 0. The number of aromatic nitrogens is 1. The smallest absolute Gasteiger partial charge is 0.130 e. The van der Waals surface area contributed by atoms with Crippen LogP contribution in [0.3, 0.4) is 0 Å². The molecule has 1 atom stereocenters. The standard InChI is InChI=1S/C23H29N3O2/c1-16-5-4-6-22(17(16)2)26-11-9-25(10-12-26)15-23(27)20-14-24-21-8-7-18(28-3)13-19(20)21/h4-8,13-14,23-24,27H,9-12,15H2,1-3H3/p+1/t23-/m1/s1. The van der Waals surface area contributed by atoms with Gasteiger partial charge in [-0.1, -0.05) is 12.1 Å². The van der Waals surface area contributed by atoms with Crippen molar-refractivity contribution >= 4 is 16.6 Å². The molecule has 3 N–H and O–H groups in total. The van der Waals surface area contributed by atoms with Crippen LogP contribution in [0.1, 0.15) is 22.8 Å². The van der Waals surface area contributed by atoms with Crippen molar-refractivity contribution < 1.29 is 14.7 Å². The zero-order valence-corrected chi connectivity index (χ0v) is 17.0. The average Bonchev–Trinajstić information content (AvgIpc) is 3.14. The number of H-pyrrole nitrogens is 1. The number of hydrogen-bond donors (Lipinski definition) is 3. The van der Waals surface area contributed by atoms with Crippen molar-refractivity contribution in [3.63, 3.8) is 0 Å². The molecule has 0 bridgehead atoms. The number of methoxy groups -OCH3 is 1. The second-order valence-corrected chi connectivity index (χ2v) is 7.83. The summed E-state index contributed by atoms with van der Waals surface area (Å²) in [4.78, 5) is 7.20. The van der Waals surface area contributed by atoms with Gasteiger partial charge in [0.25, 0.3) is 0 Å². The molecule has 1 fully saturated rings. The van der Waals surface area contributed by atoms with Gasteiger partial charge in [-0.3, -0.25) is 0 Å². The molecule has 0 unspecified atom stereocenters. The van der Waals surface area contributed by atoms with Crippen molar-refractivity contribution in [2.24, 2.45) is 0 Å². The third-order valence-corrected chi connectivity index (χ3v) is 6.15. The van der Waals surface area contributed by atoms with Crippen LogP contribution in [0.15, 0.2) is 42.6 Å². The maximum atomic E-state index is 10.9. The summed E-state index contributed by atoms with van der Waals surface area (Å²) < 4.78 is 5.34. The van der Waals surface area contributed by atoms with Crippen LogP contribution in [0.4, 0.5) is 5.69 Å². The fourth-order valence-electron chi connectivity index (χ4n) is 4.25. The third-order valence-electron chi connectivity index (χ3n) is 6.15. The zero-order chi connectivity index (χ0) is 19.7. The molecule has 0 aliphatic carbocycles. The highest BCUT2D eigenvalue weighted by Crippen LogP contribution is 2.27. The summed E-state index contributed by atoms with van der Waals surface area (Å²) in [6.07, 6.45) is 1.45. The summed E-state index contributed by atoms with van der Waals surface area (Å²) in [6.45, 7) is 9.23. The van der Waals surface area contributed by atoms with E-state index in [-0.39, 0.29) is 0 Å². The van der Waals surface area contributed by atoms with Gasteiger partial charge < -0.3 is 24.6 Å². The Morgan fingerprint density at radius 2 is 1.96 bits per heavy atom. The molecular weight excluding hydrogens is 350 g/mol. The van der Waals surface area contributed by atoms with E-state index in [9.17, 15) is 5.11 Å². The number of nitrogens with zero attached hydrogens (tertiary/aromatic N) is 1. The molecule has 0 spiro atoms. The van der Waals surface area contributed by atoms with Crippen LogP contribution in [0, 0.1) is 13.8 Å². The fraction of sp³-hybridized carbons (Fsp3) is 0.391. The lowest BCUT2D eigenvalue weighted by Crippen LogP contribution is -3.15. The highest BCUT2D eigenvalue weighted by molar-refractivity contribution is 5.85. The van der Waals surface area contributed by atoms with Crippen LogP contribution in [-0.4, -0.2) is 49.9 Å². The number of aryl methyl sites for hydroxylation is 1. The number of rotatable bonds is 5. The predicted octanol–water partition coefficient (Wildman–Crippen LogP) is 2.23. The molecule has 0 radical (unpaired) electrons. The van der Waals surface area contributed by atoms with Gasteiger partial charge in [0.2, 0.25) is 0 Å². The highest BCUT2D eigenvalue weighted by atomic mass is 16.5. The topological polar surface area (TPSA) is 52.9 Å². The summed E-state index contributed by atoms with van der Waals surface area (Å²) in [5.74, 6) is 0.815. The number of quaternary nitrogens is 1. The molecule has 4 rings (SSSR count). The Hall–Kier alpha value is -2.50. The van der Waals surface area contributed by atoms with Gasteiger partial charge in [-0.2, -0.15) is 0 Å². The lowest BCUT2D eigenvalue weighted by molar-refractivity contribution is -0.904. The van der Waals surface area contributed by atoms with Crippen molar-refractivity contribution in [2.75, 3.05) is 44.7 Å². The third kappa shape index (κ3) is 3.60. The first-order valence-corrected chi connectivity index (χ1v) is 10.0. The minimum Gasteiger partial charge on any atom is -0.497 e. The average molecular weight is 381 g/mol. The lowest BCUT2D eigenvalue weighted by atomic mass is 10.1. The number of benzene rings is 2.